The highest BCUT2D eigenvalue weighted by atomic mass is 15.4. The number of benzene rings is 1. The van der Waals surface area contributed by atoms with Crippen LogP contribution < -0.4 is 4.90 Å². The minimum Gasteiger partial charge on any atom is -0.351 e. The lowest BCUT2D eigenvalue weighted by Gasteiger charge is -2.30. The average molecular weight is 281 g/mol. The molecular weight excluding hydrogens is 258 g/mol. The number of hydrogen-bond donors (Lipinski definition) is 0. The molecule has 2 atom stereocenters. The molecule has 1 aromatic rings. The van der Waals surface area contributed by atoms with Crippen molar-refractivity contribution in [1.82, 2.24) is 9.80 Å². The van der Waals surface area contributed by atoms with Crippen LogP contribution in [-0.2, 0) is 0 Å². The van der Waals surface area contributed by atoms with Gasteiger partial charge in [-0.25, -0.2) is 0 Å². The minimum absolute atomic E-state index is 0.465. The van der Waals surface area contributed by atoms with Gasteiger partial charge in [0.05, 0.1) is 18.4 Å². The minimum atomic E-state index is 0.465. The predicted octanol–water partition coefficient (Wildman–Crippen LogP) is 3.33. The quantitative estimate of drug-likeness (QED) is 0.722. The molecule has 2 unspecified atom stereocenters. The van der Waals surface area contributed by atoms with Crippen molar-refractivity contribution in [1.29, 1.82) is 0 Å². The number of hydrogen-bond acceptors (Lipinski definition) is 3. The van der Waals surface area contributed by atoms with E-state index in [1.54, 1.807) is 0 Å². The van der Waals surface area contributed by atoms with Crippen molar-refractivity contribution >= 4 is 5.69 Å². The third kappa shape index (κ3) is 1.77. The second kappa shape index (κ2) is 4.63. The molecule has 2 heterocycles. The first-order chi connectivity index (χ1) is 10.2. The Hall–Kier alpha value is -1.74. The van der Waals surface area contributed by atoms with Crippen molar-refractivity contribution < 1.29 is 0 Å². The Kier molecular flexibility index (Phi) is 2.86. The first-order valence-corrected chi connectivity index (χ1v) is 7.87. The molecule has 0 saturated carbocycles. The Labute approximate surface area is 127 Å². The maximum Gasteiger partial charge on any atom is 0.0726 e. The van der Waals surface area contributed by atoms with E-state index in [-0.39, 0.29) is 0 Å². The van der Waals surface area contributed by atoms with Crippen LogP contribution in [-0.4, -0.2) is 36.6 Å². The van der Waals surface area contributed by atoms with E-state index in [1.165, 1.54) is 22.6 Å². The Morgan fingerprint density at radius 3 is 2.81 bits per heavy atom. The van der Waals surface area contributed by atoms with Crippen LogP contribution >= 0.6 is 0 Å². The molecule has 21 heavy (non-hydrogen) atoms. The van der Waals surface area contributed by atoms with E-state index in [9.17, 15) is 0 Å². The molecule has 0 amide bonds. The molecule has 1 saturated heterocycles. The molecule has 0 radical (unpaired) electrons. The molecule has 1 aliphatic carbocycles. The summed E-state index contributed by atoms with van der Waals surface area (Å²) >= 11 is 0. The van der Waals surface area contributed by atoms with Gasteiger partial charge >= 0.3 is 0 Å². The molecule has 0 aromatic heterocycles. The topological polar surface area (TPSA) is 9.72 Å². The zero-order chi connectivity index (χ0) is 14.6. The van der Waals surface area contributed by atoms with E-state index >= 15 is 0 Å². The van der Waals surface area contributed by atoms with Crippen LogP contribution in [0.25, 0.3) is 0 Å². The van der Waals surface area contributed by atoms with Crippen LogP contribution in [0, 0.1) is 0 Å². The first-order valence-electron chi connectivity index (χ1n) is 7.87. The van der Waals surface area contributed by atoms with Gasteiger partial charge in [0.1, 0.15) is 0 Å². The van der Waals surface area contributed by atoms with Crippen LogP contribution in [0.15, 0.2) is 47.8 Å². The largest absolute Gasteiger partial charge is 0.351 e. The molecule has 110 valence electrons. The Balaban J connectivity index is 1.95. The molecule has 1 fully saturated rings. The van der Waals surface area contributed by atoms with Crippen LogP contribution in [0.5, 0.6) is 0 Å². The number of fused-ring (bicyclic) bond motifs is 4. The zero-order valence-electron chi connectivity index (χ0n) is 13.1. The van der Waals surface area contributed by atoms with Crippen LogP contribution in [0.4, 0.5) is 5.69 Å². The van der Waals surface area contributed by atoms with E-state index in [2.05, 4.69) is 72.1 Å². The van der Waals surface area contributed by atoms with E-state index in [1.807, 2.05) is 0 Å². The van der Waals surface area contributed by atoms with E-state index in [0.29, 0.717) is 12.1 Å². The first kappa shape index (κ1) is 13.0. The number of para-hydroxylation sites is 1. The van der Waals surface area contributed by atoms with Crippen molar-refractivity contribution in [3.05, 3.63) is 53.4 Å². The lowest BCUT2D eigenvalue weighted by Crippen LogP contribution is -2.27. The zero-order valence-corrected chi connectivity index (χ0v) is 13.1. The Morgan fingerprint density at radius 1 is 1.14 bits per heavy atom. The molecule has 4 rings (SSSR count). The highest BCUT2D eigenvalue weighted by Gasteiger charge is 2.41. The average Bonchev–Trinajstić information content (AvgIpc) is 2.76. The molecule has 3 heteroatoms. The number of nitrogens with zero attached hydrogens (tertiary/aromatic N) is 3. The molecule has 3 nitrogen and oxygen atoms in total. The summed E-state index contributed by atoms with van der Waals surface area (Å²) in [6.07, 6.45) is 6.92. The van der Waals surface area contributed by atoms with Crippen molar-refractivity contribution in [2.75, 3.05) is 25.7 Å². The van der Waals surface area contributed by atoms with Crippen LogP contribution in [0.2, 0.25) is 0 Å². The summed E-state index contributed by atoms with van der Waals surface area (Å²) in [7, 11) is 4.45. The molecule has 0 spiro atoms. The third-order valence-electron chi connectivity index (χ3n) is 5.31. The van der Waals surface area contributed by atoms with Gasteiger partial charge in [-0.3, -0.25) is 4.90 Å². The summed E-state index contributed by atoms with van der Waals surface area (Å²) in [5.74, 6) is 0. The molecule has 1 aromatic carbocycles. The summed E-state index contributed by atoms with van der Waals surface area (Å²) in [6.45, 7) is 3.38. The maximum atomic E-state index is 2.63. The van der Waals surface area contributed by atoms with Crippen molar-refractivity contribution in [2.24, 2.45) is 0 Å². The number of rotatable bonds is 0. The van der Waals surface area contributed by atoms with E-state index in [0.717, 1.165) is 19.5 Å². The second-order valence-electron chi connectivity index (χ2n) is 6.44. The van der Waals surface area contributed by atoms with Crippen molar-refractivity contribution in [3.8, 4) is 0 Å². The fraction of sp³-hybridized carbons (Fsp3) is 0.444. The van der Waals surface area contributed by atoms with Gasteiger partial charge in [-0.1, -0.05) is 24.3 Å². The van der Waals surface area contributed by atoms with Gasteiger partial charge in [0.25, 0.3) is 0 Å². The molecule has 2 aliphatic heterocycles. The van der Waals surface area contributed by atoms with Gasteiger partial charge in [-0.2, -0.15) is 0 Å². The highest BCUT2D eigenvalue weighted by molar-refractivity contribution is 5.63. The predicted molar refractivity (Wildman–Crippen MR) is 86.9 cm³/mol. The Morgan fingerprint density at radius 2 is 1.95 bits per heavy atom. The number of likely N-dealkylation sites (N-methyl/N-ethyl adjacent to an activating group) is 2. The third-order valence-corrected chi connectivity index (χ3v) is 5.31. The Bertz CT molecular complexity index is 631. The van der Waals surface area contributed by atoms with Gasteiger partial charge in [-0.15, -0.1) is 0 Å². The van der Waals surface area contributed by atoms with Gasteiger partial charge in [-0.05, 0) is 44.5 Å². The number of allylic oxidation sites excluding steroid dienone is 3. The summed E-state index contributed by atoms with van der Waals surface area (Å²) in [5, 5.41) is 0. The van der Waals surface area contributed by atoms with E-state index < -0.39 is 0 Å². The monoisotopic (exact) mass is 281 g/mol. The fourth-order valence-corrected chi connectivity index (χ4v) is 4.05. The standard InChI is InChI=1S/C18H23N3/c1-13-18-14-8-4-5-9-15(14)20(3)16-10-6-7-11-17(16)21(18)12-19(13)2/h4-6,8-10,13,18H,7,11-12H2,1-3H3. The molecule has 3 aliphatic rings. The van der Waals surface area contributed by atoms with Gasteiger partial charge in [0.2, 0.25) is 0 Å². The summed E-state index contributed by atoms with van der Waals surface area (Å²) < 4.78 is 0. The van der Waals surface area contributed by atoms with Gasteiger partial charge < -0.3 is 9.80 Å². The van der Waals surface area contributed by atoms with E-state index in [4.69, 9.17) is 0 Å². The fourth-order valence-electron chi connectivity index (χ4n) is 4.05. The van der Waals surface area contributed by atoms with Crippen molar-refractivity contribution in [3.63, 3.8) is 0 Å². The lowest BCUT2D eigenvalue weighted by atomic mass is 9.98. The molecular formula is C18H23N3. The smallest absolute Gasteiger partial charge is 0.0726 e. The summed E-state index contributed by atoms with van der Waals surface area (Å²) in [6, 6.07) is 9.90. The van der Waals surface area contributed by atoms with Crippen LogP contribution in [0.1, 0.15) is 31.4 Å². The lowest BCUT2D eigenvalue weighted by molar-refractivity contribution is 0.284. The SMILES string of the molecule is CC1C2c3ccccc3N(C)C3=C(CCC=C3)N2CN1C. The maximum absolute atomic E-state index is 2.63. The summed E-state index contributed by atoms with van der Waals surface area (Å²) in [5.41, 5.74) is 5.70. The van der Waals surface area contributed by atoms with Gasteiger partial charge in [0.15, 0.2) is 0 Å². The highest BCUT2D eigenvalue weighted by Crippen LogP contribution is 2.46. The second-order valence-corrected chi connectivity index (χ2v) is 6.44. The number of anilines is 1. The van der Waals surface area contributed by atoms with Gasteiger partial charge in [0, 0.05) is 24.5 Å². The van der Waals surface area contributed by atoms with Crippen LogP contribution in [0.3, 0.4) is 0 Å². The summed E-state index contributed by atoms with van der Waals surface area (Å²) in [4.78, 5) is 7.48. The molecule has 0 N–H and O–H groups in total. The molecule has 0 bridgehead atoms. The van der Waals surface area contributed by atoms with Crippen molar-refractivity contribution in [2.45, 2.75) is 31.8 Å². The normalized spacial score (nSPS) is 28.3.